The van der Waals surface area contributed by atoms with E-state index in [1.165, 1.54) is 19.5 Å². The molecule has 0 radical (unpaired) electrons. The normalized spacial score (nSPS) is 25.7. The molecule has 0 aliphatic carbocycles. The van der Waals surface area contributed by atoms with Crippen molar-refractivity contribution in [2.24, 2.45) is 5.92 Å². The van der Waals surface area contributed by atoms with Crippen LogP contribution in [0.15, 0.2) is 46.9 Å². The summed E-state index contributed by atoms with van der Waals surface area (Å²) in [7, 11) is 0. The molecule has 2 bridgehead atoms. The Balaban J connectivity index is 0.00000156. The second-order valence-electron chi connectivity index (χ2n) is 6.35. The van der Waals surface area contributed by atoms with E-state index in [2.05, 4.69) is 10.2 Å². The van der Waals surface area contributed by atoms with E-state index < -0.39 is 0 Å². The Morgan fingerprint density at radius 2 is 1.96 bits per heavy atom. The van der Waals surface area contributed by atoms with E-state index in [0.29, 0.717) is 5.76 Å². The Morgan fingerprint density at radius 3 is 2.74 bits per heavy atom. The zero-order chi connectivity index (χ0) is 14.9. The molecular weight excluding hydrogens is 312 g/mol. The molecule has 2 aliphatic rings. The highest BCUT2D eigenvalue weighted by Crippen LogP contribution is 2.27. The third-order valence-electron chi connectivity index (χ3n) is 4.69. The number of hydrogen-bond acceptors (Lipinski definition) is 3. The number of nitrogens with zero attached hydrogens (tertiary/aromatic N) is 1. The highest BCUT2D eigenvalue weighted by molar-refractivity contribution is 5.92. The molecule has 2 aromatic rings. The highest BCUT2D eigenvalue weighted by atomic mass is 35.5. The number of carbonyl (C=O) groups excluding carboxylic acids is 1. The molecule has 1 unspecified atom stereocenters. The number of carbonyl (C=O) groups is 1. The summed E-state index contributed by atoms with van der Waals surface area (Å²) in [5, 5.41) is 3.13. The fraction of sp³-hybridized carbons (Fsp3) is 0.389. The Hall–Kier alpha value is -1.78. The van der Waals surface area contributed by atoms with Crippen LogP contribution < -0.4 is 5.32 Å². The first kappa shape index (κ1) is 16.1. The van der Waals surface area contributed by atoms with Gasteiger partial charge >= 0.3 is 0 Å². The van der Waals surface area contributed by atoms with E-state index in [4.69, 9.17) is 4.42 Å². The Labute approximate surface area is 142 Å². The molecule has 0 saturated carbocycles. The van der Waals surface area contributed by atoms with Crippen LogP contribution in [0.5, 0.6) is 0 Å². The van der Waals surface area contributed by atoms with E-state index in [0.717, 1.165) is 30.2 Å². The molecule has 122 valence electrons. The molecule has 4 rings (SSSR count). The molecule has 1 aromatic carbocycles. The first-order valence-corrected chi connectivity index (χ1v) is 7.96. The van der Waals surface area contributed by atoms with Crippen LogP contribution >= 0.6 is 12.4 Å². The van der Waals surface area contributed by atoms with Crippen molar-refractivity contribution in [3.05, 3.63) is 48.2 Å². The number of halogens is 1. The zero-order valence-corrected chi connectivity index (χ0v) is 13.7. The van der Waals surface area contributed by atoms with Crippen LogP contribution in [-0.4, -0.2) is 36.5 Å². The standard InChI is InChI=1S/C18H20N2O2.ClH/c21-18(19-15-10-13-8-9-20(11-13)12-15)17-7-6-16(22-17)14-4-2-1-3-5-14;/h1-7,13,15H,8-12H2,(H,19,21);1H/t13-,15+;/m0./s1. The maximum absolute atomic E-state index is 12.4. The summed E-state index contributed by atoms with van der Waals surface area (Å²) in [6.07, 6.45) is 2.36. The largest absolute Gasteiger partial charge is 0.451 e. The summed E-state index contributed by atoms with van der Waals surface area (Å²) in [5.74, 6) is 1.77. The second kappa shape index (κ2) is 6.77. The predicted molar refractivity (Wildman–Crippen MR) is 91.8 cm³/mol. The maximum Gasteiger partial charge on any atom is 0.287 e. The summed E-state index contributed by atoms with van der Waals surface area (Å²) in [4.78, 5) is 14.8. The van der Waals surface area contributed by atoms with E-state index in [1.807, 2.05) is 36.4 Å². The number of fused-ring (bicyclic) bond motifs is 2. The number of rotatable bonds is 3. The van der Waals surface area contributed by atoms with Crippen molar-refractivity contribution >= 4 is 18.3 Å². The Kier molecular flexibility index (Phi) is 4.74. The van der Waals surface area contributed by atoms with Crippen molar-refractivity contribution in [2.45, 2.75) is 18.9 Å². The van der Waals surface area contributed by atoms with Crippen LogP contribution in [0.25, 0.3) is 11.3 Å². The van der Waals surface area contributed by atoms with Crippen molar-refractivity contribution in [1.82, 2.24) is 10.2 Å². The van der Waals surface area contributed by atoms with Gasteiger partial charge in [-0.25, -0.2) is 0 Å². The van der Waals surface area contributed by atoms with Gasteiger partial charge in [0.1, 0.15) is 5.76 Å². The van der Waals surface area contributed by atoms with Gasteiger partial charge in [-0.15, -0.1) is 12.4 Å². The third kappa shape index (κ3) is 3.43. The fourth-order valence-corrected chi connectivity index (χ4v) is 3.64. The van der Waals surface area contributed by atoms with Gasteiger partial charge in [-0.05, 0) is 37.4 Å². The monoisotopic (exact) mass is 332 g/mol. The number of amides is 1. The molecule has 1 aromatic heterocycles. The molecule has 0 spiro atoms. The summed E-state index contributed by atoms with van der Waals surface area (Å²) < 4.78 is 5.72. The minimum atomic E-state index is -0.102. The Morgan fingerprint density at radius 1 is 1.13 bits per heavy atom. The molecule has 4 nitrogen and oxygen atoms in total. The molecule has 2 saturated heterocycles. The number of piperidine rings is 1. The minimum absolute atomic E-state index is 0. The van der Waals surface area contributed by atoms with E-state index >= 15 is 0 Å². The molecular formula is C18H21ClN2O2. The van der Waals surface area contributed by atoms with Gasteiger partial charge in [0.2, 0.25) is 0 Å². The fourth-order valence-electron chi connectivity index (χ4n) is 3.64. The van der Waals surface area contributed by atoms with Gasteiger partial charge in [-0.1, -0.05) is 30.3 Å². The third-order valence-corrected chi connectivity index (χ3v) is 4.69. The molecule has 2 aliphatic heterocycles. The van der Waals surface area contributed by atoms with Crippen molar-refractivity contribution in [1.29, 1.82) is 0 Å². The zero-order valence-electron chi connectivity index (χ0n) is 12.9. The highest BCUT2D eigenvalue weighted by Gasteiger charge is 2.33. The van der Waals surface area contributed by atoms with E-state index in [1.54, 1.807) is 6.07 Å². The van der Waals surface area contributed by atoms with Gasteiger partial charge in [-0.2, -0.15) is 0 Å². The van der Waals surface area contributed by atoms with Gasteiger partial charge in [0.15, 0.2) is 5.76 Å². The quantitative estimate of drug-likeness (QED) is 0.939. The molecule has 3 heterocycles. The van der Waals surface area contributed by atoms with Crippen LogP contribution in [0.4, 0.5) is 0 Å². The number of hydrogen-bond donors (Lipinski definition) is 1. The maximum atomic E-state index is 12.4. The van der Waals surface area contributed by atoms with E-state index in [9.17, 15) is 4.79 Å². The molecule has 5 heteroatoms. The van der Waals surface area contributed by atoms with Crippen LogP contribution in [0.3, 0.4) is 0 Å². The van der Waals surface area contributed by atoms with Crippen molar-refractivity contribution in [3.8, 4) is 11.3 Å². The summed E-state index contributed by atoms with van der Waals surface area (Å²) in [6.45, 7) is 3.34. The summed E-state index contributed by atoms with van der Waals surface area (Å²) in [5.41, 5.74) is 0.989. The smallest absolute Gasteiger partial charge is 0.287 e. The lowest BCUT2D eigenvalue weighted by atomic mass is 9.97. The lowest BCUT2D eigenvalue weighted by Crippen LogP contribution is -2.46. The second-order valence-corrected chi connectivity index (χ2v) is 6.35. The first-order chi connectivity index (χ1) is 10.8. The number of benzene rings is 1. The van der Waals surface area contributed by atoms with Gasteiger partial charge in [0.05, 0.1) is 0 Å². The predicted octanol–water partition coefficient (Wildman–Crippen LogP) is 3.19. The van der Waals surface area contributed by atoms with Gasteiger partial charge < -0.3 is 14.6 Å². The lowest BCUT2D eigenvalue weighted by molar-refractivity contribution is 0.0882. The van der Waals surface area contributed by atoms with Gasteiger partial charge in [-0.3, -0.25) is 4.79 Å². The van der Waals surface area contributed by atoms with Crippen molar-refractivity contribution in [2.75, 3.05) is 19.6 Å². The lowest BCUT2D eigenvalue weighted by Gasteiger charge is -2.30. The van der Waals surface area contributed by atoms with Crippen LogP contribution in [-0.2, 0) is 0 Å². The molecule has 3 atom stereocenters. The van der Waals surface area contributed by atoms with Crippen LogP contribution in [0.1, 0.15) is 23.4 Å². The molecule has 23 heavy (non-hydrogen) atoms. The van der Waals surface area contributed by atoms with Crippen molar-refractivity contribution in [3.63, 3.8) is 0 Å². The Bertz CT molecular complexity index is 659. The van der Waals surface area contributed by atoms with Gasteiger partial charge in [0.25, 0.3) is 5.91 Å². The summed E-state index contributed by atoms with van der Waals surface area (Å²) >= 11 is 0. The average molecular weight is 333 g/mol. The SMILES string of the molecule is Cl.O=C(N[C@@H]1C[C@@H]2CCN(C2)C1)c1ccc(-c2ccccc2)o1. The topological polar surface area (TPSA) is 45.5 Å². The summed E-state index contributed by atoms with van der Waals surface area (Å²) in [6, 6.07) is 13.7. The molecule has 1 N–H and O–H groups in total. The number of nitrogens with one attached hydrogen (secondary N) is 1. The first-order valence-electron chi connectivity index (χ1n) is 7.96. The number of furan rings is 1. The average Bonchev–Trinajstić information content (AvgIpc) is 3.15. The van der Waals surface area contributed by atoms with Crippen LogP contribution in [0.2, 0.25) is 0 Å². The van der Waals surface area contributed by atoms with Crippen molar-refractivity contribution < 1.29 is 9.21 Å². The molecule has 2 fully saturated rings. The van der Waals surface area contributed by atoms with Gasteiger partial charge in [0, 0.05) is 24.7 Å². The minimum Gasteiger partial charge on any atom is -0.451 e. The van der Waals surface area contributed by atoms with Crippen LogP contribution in [0, 0.1) is 5.92 Å². The van der Waals surface area contributed by atoms with E-state index in [-0.39, 0.29) is 24.4 Å². The molecule has 1 amide bonds.